The molecule has 2 rings (SSSR count). The van der Waals surface area contributed by atoms with Crippen molar-refractivity contribution in [3.63, 3.8) is 0 Å². The second-order valence-corrected chi connectivity index (χ2v) is 5.27. The van der Waals surface area contributed by atoms with Gasteiger partial charge in [0.25, 0.3) is 0 Å². The van der Waals surface area contributed by atoms with Gasteiger partial charge < -0.3 is 10.1 Å². The first kappa shape index (κ1) is 12.3. The third kappa shape index (κ3) is 3.19. The van der Waals surface area contributed by atoms with Crippen molar-refractivity contribution < 1.29 is 4.74 Å². The van der Waals surface area contributed by atoms with Gasteiger partial charge in [-0.05, 0) is 32.2 Å². The van der Waals surface area contributed by atoms with Crippen LogP contribution in [0.5, 0.6) is 0 Å². The molecule has 16 heavy (non-hydrogen) atoms. The van der Waals surface area contributed by atoms with Crippen LogP contribution in [0.3, 0.4) is 0 Å². The number of rotatable bonds is 5. The average Bonchev–Trinajstić information content (AvgIpc) is 2.24. The van der Waals surface area contributed by atoms with Crippen molar-refractivity contribution in [3.05, 3.63) is 0 Å². The molecule has 3 nitrogen and oxygen atoms in total. The van der Waals surface area contributed by atoms with Crippen LogP contribution in [0.1, 0.15) is 33.1 Å². The van der Waals surface area contributed by atoms with Crippen molar-refractivity contribution in [1.82, 2.24) is 10.2 Å². The van der Waals surface area contributed by atoms with Crippen molar-refractivity contribution in [2.75, 3.05) is 32.8 Å². The second kappa shape index (κ2) is 5.99. The van der Waals surface area contributed by atoms with E-state index in [4.69, 9.17) is 4.74 Å². The second-order valence-electron chi connectivity index (χ2n) is 5.27. The zero-order valence-corrected chi connectivity index (χ0v) is 10.7. The molecule has 1 N–H and O–H groups in total. The first-order valence-corrected chi connectivity index (χ1v) is 6.87. The third-order valence-electron chi connectivity index (χ3n) is 4.19. The van der Waals surface area contributed by atoms with Gasteiger partial charge in [-0.15, -0.1) is 0 Å². The lowest BCUT2D eigenvalue weighted by Crippen LogP contribution is -2.49. The maximum Gasteiger partial charge on any atom is 0.0826 e. The Morgan fingerprint density at radius 2 is 2.25 bits per heavy atom. The predicted octanol–water partition coefficient (Wildman–Crippen LogP) is 1.49. The molecular formula is C13H26N2O. The van der Waals surface area contributed by atoms with E-state index in [-0.39, 0.29) is 0 Å². The van der Waals surface area contributed by atoms with E-state index in [0.717, 1.165) is 38.7 Å². The number of hydrogen-bond acceptors (Lipinski definition) is 3. The van der Waals surface area contributed by atoms with E-state index in [1.165, 1.54) is 19.3 Å². The highest BCUT2D eigenvalue weighted by atomic mass is 16.5. The summed E-state index contributed by atoms with van der Waals surface area (Å²) in [5.74, 6) is 0.922. The van der Waals surface area contributed by atoms with Crippen LogP contribution in [-0.4, -0.2) is 49.8 Å². The number of ether oxygens (including phenoxy) is 1. The van der Waals surface area contributed by atoms with Gasteiger partial charge in [-0.3, -0.25) is 4.90 Å². The summed E-state index contributed by atoms with van der Waals surface area (Å²) < 4.78 is 5.79. The standard InChI is InChI=1S/C13H26N2O/c1-3-15-7-8-16-13(10-15)9-14-11(2)12-5-4-6-12/h11-14H,3-10H2,1-2H3. The minimum atomic E-state index is 0.399. The highest BCUT2D eigenvalue weighted by Gasteiger charge is 2.25. The summed E-state index contributed by atoms with van der Waals surface area (Å²) in [6.45, 7) is 9.83. The first-order chi connectivity index (χ1) is 7.79. The SMILES string of the molecule is CCN1CCOC(CNC(C)C2CCC2)C1. The molecule has 0 amide bonds. The molecule has 1 heterocycles. The van der Waals surface area contributed by atoms with Gasteiger partial charge in [-0.2, -0.15) is 0 Å². The van der Waals surface area contributed by atoms with Crippen molar-refractivity contribution in [2.45, 2.75) is 45.3 Å². The van der Waals surface area contributed by atoms with Crippen LogP contribution in [-0.2, 0) is 4.74 Å². The van der Waals surface area contributed by atoms with Crippen molar-refractivity contribution in [2.24, 2.45) is 5.92 Å². The molecule has 0 aromatic rings. The molecule has 0 aromatic heterocycles. The molecule has 1 aliphatic carbocycles. The van der Waals surface area contributed by atoms with Crippen LogP contribution in [0.25, 0.3) is 0 Å². The summed E-state index contributed by atoms with van der Waals surface area (Å²) in [5, 5.41) is 3.65. The minimum Gasteiger partial charge on any atom is -0.374 e. The monoisotopic (exact) mass is 226 g/mol. The zero-order chi connectivity index (χ0) is 11.4. The van der Waals surface area contributed by atoms with E-state index in [1.807, 2.05) is 0 Å². The topological polar surface area (TPSA) is 24.5 Å². The van der Waals surface area contributed by atoms with Crippen LogP contribution in [0.15, 0.2) is 0 Å². The molecule has 0 spiro atoms. The van der Waals surface area contributed by atoms with E-state index in [9.17, 15) is 0 Å². The Hall–Kier alpha value is -0.120. The van der Waals surface area contributed by atoms with E-state index < -0.39 is 0 Å². The van der Waals surface area contributed by atoms with Gasteiger partial charge in [0.15, 0.2) is 0 Å². The van der Waals surface area contributed by atoms with Crippen LogP contribution >= 0.6 is 0 Å². The quantitative estimate of drug-likeness (QED) is 0.768. The van der Waals surface area contributed by atoms with Gasteiger partial charge in [0.05, 0.1) is 12.7 Å². The van der Waals surface area contributed by atoms with Gasteiger partial charge in [0.2, 0.25) is 0 Å². The summed E-state index contributed by atoms with van der Waals surface area (Å²) in [7, 11) is 0. The molecule has 2 atom stereocenters. The molecule has 1 saturated heterocycles. The Balaban J connectivity index is 1.64. The van der Waals surface area contributed by atoms with Gasteiger partial charge in [0, 0.05) is 25.7 Å². The van der Waals surface area contributed by atoms with Crippen LogP contribution in [0.4, 0.5) is 0 Å². The molecule has 94 valence electrons. The number of hydrogen-bond donors (Lipinski definition) is 1. The molecule has 3 heteroatoms. The molecule has 0 bridgehead atoms. The highest BCUT2D eigenvalue weighted by molar-refractivity contribution is 4.81. The smallest absolute Gasteiger partial charge is 0.0826 e. The number of nitrogens with zero attached hydrogens (tertiary/aromatic N) is 1. The normalized spacial score (nSPS) is 30.0. The Bertz CT molecular complexity index is 206. The Morgan fingerprint density at radius 3 is 2.88 bits per heavy atom. The van der Waals surface area contributed by atoms with Gasteiger partial charge in [0.1, 0.15) is 0 Å². The fourth-order valence-corrected chi connectivity index (χ4v) is 2.61. The summed E-state index contributed by atoms with van der Waals surface area (Å²) in [5.41, 5.74) is 0. The average molecular weight is 226 g/mol. The van der Waals surface area contributed by atoms with Crippen LogP contribution < -0.4 is 5.32 Å². The summed E-state index contributed by atoms with van der Waals surface area (Å²) >= 11 is 0. The molecule has 1 aliphatic heterocycles. The number of morpholine rings is 1. The number of likely N-dealkylation sites (N-methyl/N-ethyl adjacent to an activating group) is 1. The lowest BCUT2D eigenvalue weighted by atomic mass is 9.80. The molecular weight excluding hydrogens is 200 g/mol. The van der Waals surface area contributed by atoms with Gasteiger partial charge in [-0.1, -0.05) is 13.3 Å². The lowest BCUT2D eigenvalue weighted by Gasteiger charge is -2.35. The fraction of sp³-hybridized carbons (Fsp3) is 1.00. The van der Waals surface area contributed by atoms with E-state index in [0.29, 0.717) is 12.1 Å². The van der Waals surface area contributed by atoms with Crippen molar-refractivity contribution >= 4 is 0 Å². The molecule has 0 aromatic carbocycles. The summed E-state index contributed by atoms with van der Waals surface area (Å²) in [6, 6.07) is 0.675. The lowest BCUT2D eigenvalue weighted by molar-refractivity contribution is -0.0274. The fourth-order valence-electron chi connectivity index (χ4n) is 2.61. The Labute approximate surface area is 99.5 Å². The maximum atomic E-state index is 5.79. The minimum absolute atomic E-state index is 0.399. The predicted molar refractivity (Wildman–Crippen MR) is 66.7 cm³/mol. The molecule has 0 radical (unpaired) electrons. The van der Waals surface area contributed by atoms with E-state index in [1.54, 1.807) is 0 Å². The van der Waals surface area contributed by atoms with E-state index >= 15 is 0 Å². The van der Waals surface area contributed by atoms with Crippen molar-refractivity contribution in [1.29, 1.82) is 0 Å². The van der Waals surface area contributed by atoms with Crippen LogP contribution in [0.2, 0.25) is 0 Å². The number of nitrogens with one attached hydrogen (secondary N) is 1. The Kier molecular flexibility index (Phi) is 4.62. The van der Waals surface area contributed by atoms with Crippen molar-refractivity contribution in [3.8, 4) is 0 Å². The van der Waals surface area contributed by atoms with Gasteiger partial charge >= 0.3 is 0 Å². The van der Waals surface area contributed by atoms with Gasteiger partial charge in [-0.25, -0.2) is 0 Å². The molecule has 2 fully saturated rings. The summed E-state index contributed by atoms with van der Waals surface area (Å²) in [4.78, 5) is 2.48. The summed E-state index contributed by atoms with van der Waals surface area (Å²) in [6.07, 6.45) is 4.66. The molecule has 2 aliphatic rings. The van der Waals surface area contributed by atoms with E-state index in [2.05, 4.69) is 24.1 Å². The largest absolute Gasteiger partial charge is 0.374 e. The first-order valence-electron chi connectivity index (χ1n) is 6.87. The highest BCUT2D eigenvalue weighted by Crippen LogP contribution is 2.29. The Morgan fingerprint density at radius 1 is 1.44 bits per heavy atom. The molecule has 1 saturated carbocycles. The van der Waals surface area contributed by atoms with Crippen LogP contribution in [0, 0.1) is 5.92 Å². The zero-order valence-electron chi connectivity index (χ0n) is 10.7. The third-order valence-corrected chi connectivity index (χ3v) is 4.19. The molecule has 2 unspecified atom stereocenters. The maximum absolute atomic E-state index is 5.79.